The fraction of sp³-hybridized carbons (Fsp3) is 0.0909. The van der Waals surface area contributed by atoms with Crippen LogP contribution >= 0.6 is 0 Å². The van der Waals surface area contributed by atoms with Gasteiger partial charge in [-0.15, -0.1) is 0 Å². The maximum absolute atomic E-state index is 2.32. The maximum Gasteiger partial charge on any atom is -0.0102 e. The summed E-state index contributed by atoms with van der Waals surface area (Å²) in [6.45, 7) is 4.38. The largest absolute Gasteiger partial charge is 0.0616 e. The molecule has 4 aromatic rings. The summed E-state index contributed by atoms with van der Waals surface area (Å²) < 4.78 is 0. The van der Waals surface area contributed by atoms with Crippen molar-refractivity contribution >= 4 is 21.5 Å². The van der Waals surface area contributed by atoms with Gasteiger partial charge in [-0.25, -0.2) is 0 Å². The standard InChI is InChI=1S/C22H18/c1-15-7-5-11-20-19(15)10-6-12-21(20)22-14-18-9-4-3-8-17(18)13-16(22)2/h3-14H,1-2H3. The van der Waals surface area contributed by atoms with Crippen LogP contribution in [-0.4, -0.2) is 0 Å². The van der Waals surface area contributed by atoms with Crippen molar-refractivity contribution in [3.8, 4) is 11.1 Å². The van der Waals surface area contributed by atoms with E-state index in [2.05, 4.69) is 86.6 Å². The molecule has 0 N–H and O–H groups in total. The Morgan fingerprint density at radius 2 is 1.18 bits per heavy atom. The van der Waals surface area contributed by atoms with Gasteiger partial charge in [0.15, 0.2) is 0 Å². The normalized spacial score (nSPS) is 11.2. The zero-order valence-electron chi connectivity index (χ0n) is 12.9. The van der Waals surface area contributed by atoms with Crippen LogP contribution in [0.15, 0.2) is 72.8 Å². The molecular weight excluding hydrogens is 264 g/mol. The predicted molar refractivity (Wildman–Crippen MR) is 96.4 cm³/mol. The smallest absolute Gasteiger partial charge is 0.0102 e. The summed E-state index contributed by atoms with van der Waals surface area (Å²) in [5.41, 5.74) is 5.31. The second-order valence-corrected chi connectivity index (χ2v) is 5.99. The number of rotatable bonds is 1. The van der Waals surface area contributed by atoms with Crippen LogP contribution in [0.1, 0.15) is 11.1 Å². The van der Waals surface area contributed by atoms with Gasteiger partial charge >= 0.3 is 0 Å². The zero-order chi connectivity index (χ0) is 15.1. The van der Waals surface area contributed by atoms with Crippen LogP contribution in [0.3, 0.4) is 0 Å². The van der Waals surface area contributed by atoms with Crippen molar-refractivity contribution in [2.45, 2.75) is 13.8 Å². The van der Waals surface area contributed by atoms with Crippen molar-refractivity contribution in [2.75, 3.05) is 0 Å². The first kappa shape index (κ1) is 13.1. The van der Waals surface area contributed by atoms with Crippen molar-refractivity contribution in [1.29, 1.82) is 0 Å². The molecule has 0 amide bonds. The number of benzene rings is 4. The summed E-state index contributed by atoms with van der Waals surface area (Å²) in [5.74, 6) is 0. The molecule has 0 aromatic heterocycles. The van der Waals surface area contributed by atoms with Gasteiger partial charge in [-0.2, -0.15) is 0 Å². The molecule has 0 radical (unpaired) electrons. The Hall–Kier alpha value is -2.60. The average molecular weight is 282 g/mol. The van der Waals surface area contributed by atoms with E-state index in [1.807, 2.05) is 0 Å². The van der Waals surface area contributed by atoms with Gasteiger partial charge in [0, 0.05) is 0 Å². The van der Waals surface area contributed by atoms with Gasteiger partial charge in [0.05, 0.1) is 0 Å². The van der Waals surface area contributed by atoms with Crippen LogP contribution in [0.4, 0.5) is 0 Å². The summed E-state index contributed by atoms with van der Waals surface area (Å²) in [6, 6.07) is 26.4. The van der Waals surface area contributed by atoms with Crippen LogP contribution < -0.4 is 0 Å². The minimum Gasteiger partial charge on any atom is -0.0616 e. The number of hydrogen-bond acceptors (Lipinski definition) is 0. The first-order chi connectivity index (χ1) is 10.7. The molecule has 0 saturated carbocycles. The molecule has 4 rings (SSSR count). The van der Waals surface area contributed by atoms with E-state index in [1.54, 1.807) is 0 Å². The van der Waals surface area contributed by atoms with Crippen molar-refractivity contribution in [3.05, 3.63) is 83.9 Å². The Morgan fingerprint density at radius 3 is 2.00 bits per heavy atom. The van der Waals surface area contributed by atoms with Crippen LogP contribution in [0, 0.1) is 13.8 Å². The van der Waals surface area contributed by atoms with E-state index in [4.69, 9.17) is 0 Å². The van der Waals surface area contributed by atoms with Gasteiger partial charge in [-0.3, -0.25) is 0 Å². The average Bonchev–Trinajstić information content (AvgIpc) is 2.54. The highest BCUT2D eigenvalue weighted by Gasteiger charge is 2.08. The third-order valence-electron chi connectivity index (χ3n) is 4.52. The molecule has 0 aliphatic carbocycles. The van der Waals surface area contributed by atoms with Crippen molar-refractivity contribution in [2.24, 2.45) is 0 Å². The molecule has 0 heteroatoms. The number of aryl methyl sites for hydroxylation is 2. The van der Waals surface area contributed by atoms with Gasteiger partial charge in [0.1, 0.15) is 0 Å². The molecule has 0 spiro atoms. The fourth-order valence-corrected chi connectivity index (χ4v) is 3.35. The molecule has 0 nitrogen and oxygen atoms in total. The molecule has 0 heterocycles. The predicted octanol–water partition coefficient (Wildman–Crippen LogP) is 6.28. The summed E-state index contributed by atoms with van der Waals surface area (Å²) in [7, 11) is 0. The van der Waals surface area contributed by atoms with E-state index in [1.165, 1.54) is 43.8 Å². The lowest BCUT2D eigenvalue weighted by atomic mass is 9.92. The van der Waals surface area contributed by atoms with Gasteiger partial charge in [-0.1, -0.05) is 66.7 Å². The molecular formula is C22H18. The second-order valence-electron chi connectivity index (χ2n) is 5.99. The third-order valence-corrected chi connectivity index (χ3v) is 4.52. The van der Waals surface area contributed by atoms with E-state index in [-0.39, 0.29) is 0 Å². The lowest BCUT2D eigenvalue weighted by Gasteiger charge is -2.12. The van der Waals surface area contributed by atoms with Crippen LogP contribution in [0.25, 0.3) is 32.7 Å². The molecule has 106 valence electrons. The Kier molecular flexibility index (Phi) is 2.97. The van der Waals surface area contributed by atoms with Crippen LogP contribution in [0.5, 0.6) is 0 Å². The summed E-state index contributed by atoms with van der Waals surface area (Å²) in [6.07, 6.45) is 0. The van der Waals surface area contributed by atoms with Gasteiger partial charge < -0.3 is 0 Å². The molecule has 4 aromatic carbocycles. The summed E-state index contributed by atoms with van der Waals surface area (Å²) in [5, 5.41) is 5.28. The molecule has 0 unspecified atom stereocenters. The molecule has 0 aliphatic heterocycles. The SMILES string of the molecule is Cc1cc2ccccc2cc1-c1cccc2c(C)cccc12. The molecule has 22 heavy (non-hydrogen) atoms. The minimum atomic E-state index is 1.30. The van der Waals surface area contributed by atoms with E-state index >= 15 is 0 Å². The Morgan fingerprint density at radius 1 is 0.500 bits per heavy atom. The molecule has 0 aliphatic rings. The highest BCUT2D eigenvalue weighted by molar-refractivity contribution is 6.01. The molecule has 0 bridgehead atoms. The van der Waals surface area contributed by atoms with Crippen molar-refractivity contribution in [3.63, 3.8) is 0 Å². The Balaban J connectivity index is 2.07. The van der Waals surface area contributed by atoms with Crippen LogP contribution in [0.2, 0.25) is 0 Å². The van der Waals surface area contributed by atoms with E-state index in [9.17, 15) is 0 Å². The quantitative estimate of drug-likeness (QED) is 0.385. The van der Waals surface area contributed by atoms with Gasteiger partial charge in [-0.05, 0) is 63.7 Å². The summed E-state index contributed by atoms with van der Waals surface area (Å²) >= 11 is 0. The molecule has 0 saturated heterocycles. The summed E-state index contributed by atoms with van der Waals surface area (Å²) in [4.78, 5) is 0. The van der Waals surface area contributed by atoms with Gasteiger partial charge in [0.2, 0.25) is 0 Å². The van der Waals surface area contributed by atoms with Crippen molar-refractivity contribution in [1.82, 2.24) is 0 Å². The van der Waals surface area contributed by atoms with Crippen LogP contribution in [-0.2, 0) is 0 Å². The minimum absolute atomic E-state index is 1.30. The van der Waals surface area contributed by atoms with E-state index in [0.717, 1.165) is 0 Å². The van der Waals surface area contributed by atoms with E-state index < -0.39 is 0 Å². The van der Waals surface area contributed by atoms with Crippen molar-refractivity contribution < 1.29 is 0 Å². The first-order valence-electron chi connectivity index (χ1n) is 7.72. The highest BCUT2D eigenvalue weighted by Crippen LogP contribution is 2.34. The Bertz CT molecular complexity index is 993. The number of fused-ring (bicyclic) bond motifs is 2. The topological polar surface area (TPSA) is 0 Å². The zero-order valence-corrected chi connectivity index (χ0v) is 12.9. The monoisotopic (exact) mass is 282 g/mol. The molecule has 0 atom stereocenters. The number of hydrogen-bond donors (Lipinski definition) is 0. The molecule has 0 fully saturated rings. The second kappa shape index (κ2) is 4.99. The maximum atomic E-state index is 2.32. The fourth-order valence-electron chi connectivity index (χ4n) is 3.35. The third kappa shape index (κ3) is 2.00. The first-order valence-corrected chi connectivity index (χ1v) is 7.72. The lowest BCUT2D eigenvalue weighted by molar-refractivity contribution is 1.49. The highest BCUT2D eigenvalue weighted by atomic mass is 14.1. The van der Waals surface area contributed by atoms with Gasteiger partial charge in [0.25, 0.3) is 0 Å². The Labute approximate surface area is 131 Å². The van der Waals surface area contributed by atoms with E-state index in [0.29, 0.717) is 0 Å². The lowest BCUT2D eigenvalue weighted by Crippen LogP contribution is -1.87.